The quantitative estimate of drug-likeness (QED) is 0.794. The van der Waals surface area contributed by atoms with Crippen molar-refractivity contribution in [3.8, 4) is 16.6 Å². The molecule has 1 aromatic carbocycles. The number of nitrogens with one attached hydrogen (secondary N) is 1. The smallest absolute Gasteiger partial charge is 0.358 e. The van der Waals surface area contributed by atoms with E-state index in [0.717, 1.165) is 19.3 Å². The van der Waals surface area contributed by atoms with Crippen LogP contribution >= 0.6 is 11.3 Å². The minimum atomic E-state index is -0.863. The van der Waals surface area contributed by atoms with E-state index in [0.29, 0.717) is 23.4 Å². The van der Waals surface area contributed by atoms with Crippen molar-refractivity contribution in [1.82, 2.24) is 10.3 Å². The van der Waals surface area contributed by atoms with Crippen molar-refractivity contribution in [1.29, 1.82) is 5.26 Å². The number of halogens is 1. The molecule has 140 valence electrons. The molecule has 1 aromatic heterocycles. The van der Waals surface area contributed by atoms with Gasteiger partial charge in [0.1, 0.15) is 16.4 Å². The molecule has 6 nitrogen and oxygen atoms in total. The summed E-state index contributed by atoms with van der Waals surface area (Å²) in [7, 11) is 0. The number of rotatable bonds is 5. The van der Waals surface area contributed by atoms with Gasteiger partial charge in [-0.15, -0.1) is 11.3 Å². The van der Waals surface area contributed by atoms with Gasteiger partial charge in [-0.2, -0.15) is 5.26 Å². The van der Waals surface area contributed by atoms with Crippen molar-refractivity contribution in [2.45, 2.75) is 37.6 Å². The molecule has 1 N–H and O–H groups in total. The Kier molecular flexibility index (Phi) is 5.81. The Morgan fingerprint density at radius 1 is 1.26 bits per heavy atom. The van der Waals surface area contributed by atoms with Crippen LogP contribution in [-0.2, 0) is 9.53 Å². The van der Waals surface area contributed by atoms with Gasteiger partial charge in [-0.25, -0.2) is 14.2 Å². The molecule has 0 saturated heterocycles. The Bertz CT molecular complexity index is 867. The number of carbonyl (C=O) groups excluding carboxylic acids is 2. The molecule has 0 spiro atoms. The van der Waals surface area contributed by atoms with Crippen molar-refractivity contribution < 1.29 is 18.7 Å². The first-order valence-electron chi connectivity index (χ1n) is 8.62. The molecule has 1 amide bonds. The first-order chi connectivity index (χ1) is 13.0. The number of hydrogen-bond acceptors (Lipinski definition) is 6. The van der Waals surface area contributed by atoms with E-state index < -0.39 is 24.0 Å². The van der Waals surface area contributed by atoms with Crippen LogP contribution in [-0.4, -0.2) is 29.0 Å². The van der Waals surface area contributed by atoms with Crippen molar-refractivity contribution in [3.05, 3.63) is 41.2 Å². The highest BCUT2D eigenvalue weighted by molar-refractivity contribution is 7.13. The number of esters is 1. The minimum absolute atomic E-state index is 0.0831. The first kappa shape index (κ1) is 19.0. The minimum Gasteiger partial charge on any atom is -0.451 e. The molecule has 1 aliphatic rings. The summed E-state index contributed by atoms with van der Waals surface area (Å²) in [5.74, 6) is -1.57. The third kappa shape index (κ3) is 4.68. The Balaban J connectivity index is 1.55. The van der Waals surface area contributed by atoms with Crippen LogP contribution in [0.15, 0.2) is 29.6 Å². The van der Waals surface area contributed by atoms with Gasteiger partial charge in [0.15, 0.2) is 12.3 Å². The van der Waals surface area contributed by atoms with Crippen LogP contribution in [0.1, 0.15) is 42.6 Å². The summed E-state index contributed by atoms with van der Waals surface area (Å²) in [6, 6.07) is 7.96. The van der Waals surface area contributed by atoms with E-state index in [1.807, 2.05) is 0 Å². The molecular weight excluding hydrogens is 369 g/mol. The monoisotopic (exact) mass is 387 g/mol. The lowest BCUT2D eigenvalue weighted by molar-refractivity contribution is -0.125. The Hall–Kier alpha value is -2.79. The summed E-state index contributed by atoms with van der Waals surface area (Å²) < 4.78 is 18.0. The fourth-order valence-corrected chi connectivity index (χ4v) is 3.82. The van der Waals surface area contributed by atoms with Crippen LogP contribution < -0.4 is 5.32 Å². The number of amides is 1. The SMILES string of the molecule is N#CC1(NC(=O)COC(=O)c2csc(-c3ccc(F)cc3)n2)CCCCC1. The molecule has 1 saturated carbocycles. The highest BCUT2D eigenvalue weighted by Crippen LogP contribution is 2.27. The topological polar surface area (TPSA) is 92.1 Å². The molecule has 0 radical (unpaired) electrons. The van der Waals surface area contributed by atoms with E-state index in [1.54, 1.807) is 12.1 Å². The lowest BCUT2D eigenvalue weighted by Crippen LogP contribution is -2.50. The highest BCUT2D eigenvalue weighted by Gasteiger charge is 2.33. The molecule has 27 heavy (non-hydrogen) atoms. The molecule has 0 unspecified atom stereocenters. The lowest BCUT2D eigenvalue weighted by Gasteiger charge is -2.31. The van der Waals surface area contributed by atoms with E-state index in [9.17, 15) is 19.2 Å². The van der Waals surface area contributed by atoms with Crippen LogP contribution in [0.4, 0.5) is 4.39 Å². The van der Waals surface area contributed by atoms with Gasteiger partial charge in [0.25, 0.3) is 5.91 Å². The van der Waals surface area contributed by atoms with Crippen LogP contribution in [0.25, 0.3) is 10.6 Å². The third-order valence-corrected chi connectivity index (χ3v) is 5.33. The zero-order valence-corrected chi connectivity index (χ0v) is 15.4. The van der Waals surface area contributed by atoms with E-state index in [-0.39, 0.29) is 11.5 Å². The molecular formula is C19H18FN3O3S. The first-order valence-corrected chi connectivity index (χ1v) is 9.50. The summed E-state index contributed by atoms with van der Waals surface area (Å²) in [5.41, 5.74) is -0.0933. The van der Waals surface area contributed by atoms with Gasteiger partial charge >= 0.3 is 5.97 Å². The summed E-state index contributed by atoms with van der Waals surface area (Å²) in [6.07, 6.45) is 4.04. The van der Waals surface area contributed by atoms with Crippen LogP contribution in [0.3, 0.4) is 0 Å². The maximum absolute atomic E-state index is 13.0. The van der Waals surface area contributed by atoms with Crippen LogP contribution in [0, 0.1) is 17.1 Å². The zero-order chi connectivity index (χ0) is 19.3. The molecule has 3 rings (SSSR count). The second-order valence-corrected chi connectivity index (χ2v) is 7.28. The number of aromatic nitrogens is 1. The molecule has 0 aliphatic heterocycles. The van der Waals surface area contributed by atoms with E-state index >= 15 is 0 Å². The number of ether oxygens (including phenoxy) is 1. The largest absolute Gasteiger partial charge is 0.451 e. The second-order valence-electron chi connectivity index (χ2n) is 6.42. The van der Waals surface area contributed by atoms with Gasteiger partial charge in [0.05, 0.1) is 6.07 Å². The highest BCUT2D eigenvalue weighted by atomic mass is 32.1. The standard InChI is InChI=1S/C19H18FN3O3S/c20-14-6-4-13(5-7-14)17-22-15(11-27-17)18(25)26-10-16(24)23-19(12-21)8-2-1-3-9-19/h4-7,11H,1-3,8-10H2,(H,23,24). The molecule has 2 aromatic rings. The Morgan fingerprint density at radius 3 is 2.63 bits per heavy atom. The predicted molar refractivity (Wildman–Crippen MR) is 97.4 cm³/mol. The van der Waals surface area contributed by atoms with Crippen molar-refractivity contribution in [2.24, 2.45) is 0 Å². The summed E-state index contributed by atoms with van der Waals surface area (Å²) in [4.78, 5) is 28.4. The van der Waals surface area contributed by atoms with Gasteiger partial charge in [-0.05, 0) is 37.1 Å². The average Bonchev–Trinajstić information content (AvgIpc) is 3.18. The normalized spacial score (nSPS) is 15.6. The van der Waals surface area contributed by atoms with Crippen LogP contribution in [0.2, 0.25) is 0 Å². The number of hydrogen-bond donors (Lipinski definition) is 1. The van der Waals surface area contributed by atoms with Crippen molar-refractivity contribution >= 4 is 23.2 Å². The van der Waals surface area contributed by atoms with E-state index in [4.69, 9.17) is 4.74 Å². The zero-order valence-electron chi connectivity index (χ0n) is 14.5. The van der Waals surface area contributed by atoms with E-state index in [2.05, 4.69) is 16.4 Å². The number of nitriles is 1. The van der Waals surface area contributed by atoms with Gasteiger partial charge in [-0.1, -0.05) is 19.3 Å². The number of benzene rings is 1. The molecule has 1 heterocycles. The maximum Gasteiger partial charge on any atom is 0.358 e. The summed E-state index contributed by atoms with van der Waals surface area (Å²) in [5, 5.41) is 14.1. The molecule has 1 fully saturated rings. The summed E-state index contributed by atoms with van der Waals surface area (Å²) >= 11 is 1.22. The van der Waals surface area contributed by atoms with Gasteiger partial charge in [0.2, 0.25) is 0 Å². The molecule has 1 aliphatic carbocycles. The second kappa shape index (κ2) is 8.27. The number of thiazole rings is 1. The molecule has 0 atom stereocenters. The lowest BCUT2D eigenvalue weighted by atomic mass is 9.83. The number of nitrogens with zero attached hydrogens (tertiary/aromatic N) is 2. The predicted octanol–water partition coefficient (Wildman–Crippen LogP) is 3.45. The number of carbonyl (C=O) groups is 2. The van der Waals surface area contributed by atoms with Crippen LogP contribution in [0.5, 0.6) is 0 Å². The van der Waals surface area contributed by atoms with E-state index in [1.165, 1.54) is 28.8 Å². The van der Waals surface area contributed by atoms with Crippen molar-refractivity contribution in [3.63, 3.8) is 0 Å². The Morgan fingerprint density at radius 2 is 1.96 bits per heavy atom. The molecule has 0 bridgehead atoms. The third-order valence-electron chi connectivity index (χ3n) is 4.44. The molecule has 8 heteroatoms. The van der Waals surface area contributed by atoms with Gasteiger partial charge in [0, 0.05) is 10.9 Å². The van der Waals surface area contributed by atoms with Gasteiger partial charge in [-0.3, -0.25) is 4.79 Å². The average molecular weight is 387 g/mol. The Labute approximate surface area is 160 Å². The maximum atomic E-state index is 13.0. The van der Waals surface area contributed by atoms with Gasteiger partial charge < -0.3 is 10.1 Å². The fraction of sp³-hybridized carbons (Fsp3) is 0.368. The fourth-order valence-electron chi connectivity index (χ4n) is 3.02. The van der Waals surface area contributed by atoms with Crippen molar-refractivity contribution in [2.75, 3.05) is 6.61 Å². The summed E-state index contributed by atoms with van der Waals surface area (Å²) in [6.45, 7) is -0.467.